The maximum absolute atomic E-state index is 3.36. The molecule has 12 heavy (non-hydrogen) atoms. The molecule has 2 rings (SSSR count). The molecule has 0 atom stereocenters. The molecule has 0 radical (unpaired) electrons. The summed E-state index contributed by atoms with van der Waals surface area (Å²) in [6.07, 6.45) is 0. The molecule has 1 heterocycles. The highest BCUT2D eigenvalue weighted by atomic mass is 32.2. The van der Waals surface area contributed by atoms with Crippen LogP contribution in [0.1, 0.15) is 25.3 Å². The van der Waals surface area contributed by atoms with Gasteiger partial charge in [-0.2, -0.15) is 0 Å². The monoisotopic (exact) mass is 179 g/mol. The van der Waals surface area contributed by atoms with Crippen LogP contribution in [0.25, 0.3) is 0 Å². The standard InChI is InChI=1S/C10H13NS/c1-7(2)8-4-3-5-9-10(8)12-6-11-9/h3-5,7,11H,6H2,1-2H3. The van der Waals surface area contributed by atoms with E-state index in [2.05, 4.69) is 37.4 Å². The Labute approximate surface area is 77.6 Å². The average Bonchev–Trinajstić information content (AvgIpc) is 2.49. The van der Waals surface area contributed by atoms with E-state index in [0.29, 0.717) is 5.92 Å². The van der Waals surface area contributed by atoms with Crippen LogP contribution in [-0.4, -0.2) is 5.88 Å². The topological polar surface area (TPSA) is 12.0 Å². The molecule has 1 N–H and O–H groups in total. The van der Waals surface area contributed by atoms with Crippen LogP contribution in [0.4, 0.5) is 5.69 Å². The second-order valence-corrected chi connectivity index (χ2v) is 4.33. The summed E-state index contributed by atoms with van der Waals surface area (Å²) in [7, 11) is 0. The Balaban J connectivity index is 2.49. The average molecular weight is 179 g/mol. The third kappa shape index (κ3) is 1.20. The molecule has 1 aliphatic heterocycles. The van der Waals surface area contributed by atoms with Crippen LogP contribution in [0.2, 0.25) is 0 Å². The van der Waals surface area contributed by atoms with E-state index in [1.165, 1.54) is 16.1 Å². The molecule has 1 aliphatic rings. The molecule has 0 saturated carbocycles. The molecule has 1 aromatic carbocycles. The minimum absolute atomic E-state index is 0.632. The van der Waals surface area contributed by atoms with Crippen molar-refractivity contribution >= 4 is 17.4 Å². The lowest BCUT2D eigenvalue weighted by Crippen LogP contribution is -1.91. The van der Waals surface area contributed by atoms with E-state index in [9.17, 15) is 0 Å². The van der Waals surface area contributed by atoms with Crippen LogP contribution in [0.5, 0.6) is 0 Å². The number of anilines is 1. The van der Waals surface area contributed by atoms with E-state index < -0.39 is 0 Å². The molecule has 0 aliphatic carbocycles. The zero-order valence-corrected chi connectivity index (χ0v) is 8.24. The Hall–Kier alpha value is -0.630. The Morgan fingerprint density at radius 2 is 2.25 bits per heavy atom. The van der Waals surface area contributed by atoms with Crippen molar-refractivity contribution in [3.63, 3.8) is 0 Å². The first-order chi connectivity index (χ1) is 5.79. The highest BCUT2D eigenvalue weighted by Gasteiger charge is 2.15. The van der Waals surface area contributed by atoms with E-state index in [1.807, 2.05) is 11.8 Å². The molecule has 0 bridgehead atoms. The van der Waals surface area contributed by atoms with Gasteiger partial charge in [-0.1, -0.05) is 26.0 Å². The smallest absolute Gasteiger partial charge is 0.0658 e. The van der Waals surface area contributed by atoms with Crippen molar-refractivity contribution < 1.29 is 0 Å². The number of nitrogens with one attached hydrogen (secondary N) is 1. The summed E-state index contributed by atoms with van der Waals surface area (Å²) in [6.45, 7) is 4.49. The van der Waals surface area contributed by atoms with Gasteiger partial charge in [0.1, 0.15) is 0 Å². The Morgan fingerprint density at radius 3 is 3.00 bits per heavy atom. The van der Waals surface area contributed by atoms with Gasteiger partial charge in [-0.05, 0) is 17.5 Å². The third-order valence-electron chi connectivity index (χ3n) is 2.15. The molecule has 0 amide bonds. The quantitative estimate of drug-likeness (QED) is 0.710. The number of thioether (sulfide) groups is 1. The van der Waals surface area contributed by atoms with Crippen LogP contribution < -0.4 is 5.32 Å². The van der Waals surface area contributed by atoms with E-state index in [1.54, 1.807) is 0 Å². The van der Waals surface area contributed by atoms with Crippen molar-refractivity contribution in [2.45, 2.75) is 24.7 Å². The van der Waals surface area contributed by atoms with Crippen molar-refractivity contribution in [3.8, 4) is 0 Å². The van der Waals surface area contributed by atoms with Gasteiger partial charge in [0, 0.05) is 10.6 Å². The minimum Gasteiger partial charge on any atom is -0.375 e. The molecule has 0 aromatic heterocycles. The van der Waals surface area contributed by atoms with Gasteiger partial charge in [0.2, 0.25) is 0 Å². The summed E-state index contributed by atoms with van der Waals surface area (Å²) in [5.41, 5.74) is 2.79. The van der Waals surface area contributed by atoms with Gasteiger partial charge in [0.15, 0.2) is 0 Å². The second-order valence-electron chi connectivity index (χ2n) is 3.34. The fraction of sp³-hybridized carbons (Fsp3) is 0.400. The molecule has 0 saturated heterocycles. The highest BCUT2D eigenvalue weighted by molar-refractivity contribution is 8.00. The SMILES string of the molecule is CC(C)c1cccc2c1SCN2. The Kier molecular flexibility index (Phi) is 2.01. The lowest BCUT2D eigenvalue weighted by molar-refractivity contribution is 0.845. The summed E-state index contributed by atoms with van der Waals surface area (Å²) >= 11 is 1.91. The molecule has 64 valence electrons. The fourth-order valence-corrected chi connectivity index (χ4v) is 2.63. The number of rotatable bonds is 1. The fourth-order valence-electron chi connectivity index (χ4n) is 1.50. The summed E-state index contributed by atoms with van der Waals surface area (Å²) < 4.78 is 0. The summed E-state index contributed by atoms with van der Waals surface area (Å²) in [4.78, 5) is 1.45. The van der Waals surface area contributed by atoms with Crippen LogP contribution in [0, 0.1) is 0 Å². The van der Waals surface area contributed by atoms with Gasteiger partial charge in [-0.25, -0.2) is 0 Å². The largest absolute Gasteiger partial charge is 0.375 e. The Morgan fingerprint density at radius 1 is 1.42 bits per heavy atom. The normalized spacial score (nSPS) is 14.6. The third-order valence-corrected chi connectivity index (χ3v) is 3.18. The lowest BCUT2D eigenvalue weighted by Gasteiger charge is -2.09. The molecule has 0 spiro atoms. The maximum Gasteiger partial charge on any atom is 0.0658 e. The molecule has 1 aromatic rings. The summed E-state index contributed by atoms with van der Waals surface area (Å²) in [5.74, 6) is 1.66. The van der Waals surface area contributed by atoms with Crippen molar-refractivity contribution in [3.05, 3.63) is 23.8 Å². The molecular weight excluding hydrogens is 166 g/mol. The predicted octanol–water partition coefficient (Wildman–Crippen LogP) is 3.29. The zero-order valence-electron chi connectivity index (χ0n) is 7.42. The number of hydrogen-bond acceptors (Lipinski definition) is 2. The number of hydrogen-bond donors (Lipinski definition) is 1. The first-order valence-electron chi connectivity index (χ1n) is 4.28. The van der Waals surface area contributed by atoms with Gasteiger partial charge in [0.25, 0.3) is 0 Å². The van der Waals surface area contributed by atoms with Gasteiger partial charge < -0.3 is 5.32 Å². The van der Waals surface area contributed by atoms with Crippen molar-refractivity contribution in [2.24, 2.45) is 0 Å². The molecular formula is C10H13NS. The van der Waals surface area contributed by atoms with Crippen molar-refractivity contribution in [2.75, 3.05) is 11.2 Å². The van der Waals surface area contributed by atoms with Gasteiger partial charge >= 0.3 is 0 Å². The van der Waals surface area contributed by atoms with E-state index in [0.717, 1.165) is 5.88 Å². The van der Waals surface area contributed by atoms with Crippen molar-refractivity contribution in [1.29, 1.82) is 0 Å². The molecule has 2 heteroatoms. The predicted molar refractivity (Wildman–Crippen MR) is 54.9 cm³/mol. The van der Waals surface area contributed by atoms with Gasteiger partial charge in [-0.15, -0.1) is 11.8 Å². The lowest BCUT2D eigenvalue weighted by atomic mass is 10.0. The first kappa shape index (κ1) is 7.99. The number of benzene rings is 1. The van der Waals surface area contributed by atoms with E-state index in [-0.39, 0.29) is 0 Å². The van der Waals surface area contributed by atoms with Crippen LogP contribution in [0.3, 0.4) is 0 Å². The Bertz CT molecular complexity index is 294. The minimum atomic E-state index is 0.632. The van der Waals surface area contributed by atoms with E-state index >= 15 is 0 Å². The van der Waals surface area contributed by atoms with Gasteiger partial charge in [-0.3, -0.25) is 0 Å². The first-order valence-corrected chi connectivity index (χ1v) is 5.27. The highest BCUT2D eigenvalue weighted by Crippen LogP contribution is 2.39. The van der Waals surface area contributed by atoms with Gasteiger partial charge in [0.05, 0.1) is 5.88 Å². The second kappa shape index (κ2) is 3.02. The molecule has 0 unspecified atom stereocenters. The summed E-state index contributed by atoms with van der Waals surface area (Å²) in [6, 6.07) is 6.51. The van der Waals surface area contributed by atoms with Crippen LogP contribution >= 0.6 is 11.8 Å². The van der Waals surface area contributed by atoms with Crippen LogP contribution in [0.15, 0.2) is 23.1 Å². The maximum atomic E-state index is 3.36. The zero-order chi connectivity index (χ0) is 8.55. The van der Waals surface area contributed by atoms with E-state index in [4.69, 9.17) is 0 Å². The van der Waals surface area contributed by atoms with Crippen LogP contribution in [-0.2, 0) is 0 Å². The summed E-state index contributed by atoms with van der Waals surface area (Å²) in [5, 5.41) is 3.36. The number of fused-ring (bicyclic) bond motifs is 1. The molecule has 1 nitrogen and oxygen atoms in total. The molecule has 0 fully saturated rings. The van der Waals surface area contributed by atoms with Crippen molar-refractivity contribution in [1.82, 2.24) is 0 Å².